The fraction of sp³-hybridized carbons (Fsp3) is 0.0962. The number of fused-ring (bicyclic) bond motifs is 3. The molecular formula is C52H35F6N3O6. The van der Waals surface area contributed by atoms with E-state index in [0.29, 0.717) is 27.8 Å². The third-order valence-corrected chi connectivity index (χ3v) is 12.2. The molecule has 3 unspecified atom stereocenters. The van der Waals surface area contributed by atoms with Crippen LogP contribution in [0.25, 0.3) is 0 Å². The van der Waals surface area contributed by atoms with E-state index < -0.39 is 68.9 Å². The number of hydrogen-bond acceptors (Lipinski definition) is 6. The fourth-order valence-corrected chi connectivity index (χ4v) is 8.65. The highest BCUT2D eigenvalue weighted by molar-refractivity contribution is 6.12. The van der Waals surface area contributed by atoms with E-state index in [1.807, 2.05) is 30.3 Å². The second-order valence-corrected chi connectivity index (χ2v) is 15.9. The minimum atomic E-state index is -1.54. The molecule has 336 valence electrons. The van der Waals surface area contributed by atoms with Crippen LogP contribution in [0.5, 0.6) is 17.2 Å². The van der Waals surface area contributed by atoms with Crippen LogP contribution in [-0.4, -0.2) is 33.0 Å². The van der Waals surface area contributed by atoms with Gasteiger partial charge in [0.25, 0.3) is 5.91 Å². The molecule has 0 bridgehead atoms. The van der Waals surface area contributed by atoms with Crippen LogP contribution in [-0.2, 0) is 37.0 Å². The number of nitrogens with one attached hydrogen (secondary N) is 3. The summed E-state index contributed by atoms with van der Waals surface area (Å²) in [5.41, 5.74) is -0.941. The highest BCUT2D eigenvalue weighted by Crippen LogP contribution is 2.48. The molecule has 0 saturated heterocycles. The van der Waals surface area contributed by atoms with Crippen molar-refractivity contribution in [1.29, 1.82) is 0 Å². The van der Waals surface area contributed by atoms with Crippen molar-refractivity contribution in [2.75, 3.05) is 16.0 Å². The van der Waals surface area contributed by atoms with Crippen molar-refractivity contribution >= 4 is 34.8 Å². The monoisotopic (exact) mass is 911 g/mol. The minimum absolute atomic E-state index is 0.00911. The van der Waals surface area contributed by atoms with Crippen molar-refractivity contribution < 1.29 is 56.0 Å². The lowest BCUT2D eigenvalue weighted by atomic mass is 9.71. The summed E-state index contributed by atoms with van der Waals surface area (Å²) in [4.78, 5) is 37.6. The number of phenols is 3. The van der Waals surface area contributed by atoms with Crippen molar-refractivity contribution in [3.8, 4) is 29.6 Å². The number of halogens is 6. The number of carbonyl (C=O) groups is 3. The third-order valence-electron chi connectivity index (χ3n) is 12.2. The maximum absolute atomic E-state index is 14.3. The topological polar surface area (TPSA) is 148 Å². The highest BCUT2D eigenvalue weighted by Gasteiger charge is 2.51. The lowest BCUT2D eigenvalue weighted by molar-refractivity contribution is -0.120. The van der Waals surface area contributed by atoms with Gasteiger partial charge in [0.1, 0.15) is 22.7 Å². The zero-order valence-electron chi connectivity index (χ0n) is 34.9. The first kappa shape index (κ1) is 45.1. The van der Waals surface area contributed by atoms with Gasteiger partial charge in [0.05, 0.1) is 22.5 Å². The lowest BCUT2D eigenvalue weighted by Gasteiger charge is -2.28. The maximum Gasteiger partial charge on any atom is 0.251 e. The molecule has 0 aliphatic carbocycles. The molecule has 10 rings (SSSR count). The highest BCUT2D eigenvalue weighted by atomic mass is 19.2. The number of rotatable bonds is 5. The van der Waals surface area contributed by atoms with Gasteiger partial charge >= 0.3 is 0 Å². The molecule has 0 radical (unpaired) electrons. The molecule has 3 amide bonds. The Bertz CT molecular complexity index is 3160. The molecule has 9 nitrogen and oxygen atoms in total. The first-order chi connectivity index (χ1) is 32.0. The Morgan fingerprint density at radius 1 is 0.478 bits per heavy atom. The summed E-state index contributed by atoms with van der Waals surface area (Å²) < 4.78 is 82.1. The van der Waals surface area contributed by atoms with Crippen LogP contribution in [0.15, 0.2) is 140 Å². The molecule has 0 fully saturated rings. The van der Waals surface area contributed by atoms with Crippen LogP contribution < -0.4 is 16.0 Å². The fourth-order valence-electron chi connectivity index (χ4n) is 8.65. The summed E-state index contributed by atoms with van der Waals surface area (Å²) >= 11 is 0. The second-order valence-electron chi connectivity index (χ2n) is 15.9. The van der Waals surface area contributed by atoms with E-state index in [9.17, 15) is 56.0 Å². The van der Waals surface area contributed by atoms with Crippen molar-refractivity contribution in [1.82, 2.24) is 0 Å². The smallest absolute Gasteiger partial charge is 0.251 e. The van der Waals surface area contributed by atoms with Crippen LogP contribution >= 0.6 is 0 Å². The average molecular weight is 912 g/mol. The molecule has 3 aliphatic heterocycles. The van der Waals surface area contributed by atoms with E-state index >= 15 is 0 Å². The van der Waals surface area contributed by atoms with Gasteiger partial charge in [-0.05, 0) is 101 Å². The molecule has 3 heterocycles. The summed E-state index contributed by atoms with van der Waals surface area (Å²) in [7, 11) is 0. The van der Waals surface area contributed by atoms with Crippen molar-refractivity contribution in [3.05, 3.63) is 213 Å². The Morgan fingerprint density at radius 2 is 0.881 bits per heavy atom. The van der Waals surface area contributed by atoms with Crippen LogP contribution in [0.3, 0.4) is 0 Å². The van der Waals surface area contributed by atoms with Gasteiger partial charge in [-0.2, -0.15) is 0 Å². The summed E-state index contributed by atoms with van der Waals surface area (Å²) in [5.74, 6) is -5.29. The minimum Gasteiger partial charge on any atom is -0.508 e. The van der Waals surface area contributed by atoms with Gasteiger partial charge in [-0.25, -0.2) is 26.3 Å². The molecule has 3 aliphatic rings. The standard InChI is InChI=1S/C21H15F2NO2.C16H9F2NO2.C15H11F2NO2/c22-17-11-10-16-19(18(17)23)24-20(26)21(16,12-13-4-2-1-3-5-13)14-6-8-15(25)9-7-14;1-2-16(9-3-5-10(20)6-4-9)11-7-8-12(17)13(18)14(11)19-15(16)21;1-15(8-2-4-9(19)5-3-8)10-6-7-11(16)12(17)13(10)18-14(15)20/h1-11,25H,12H2,(H,24,26);1,3-8,20H,(H,19,21);2-7,19H,1H3,(H,18,20). The molecule has 0 saturated carbocycles. The van der Waals surface area contributed by atoms with Crippen LogP contribution in [0.1, 0.15) is 45.9 Å². The van der Waals surface area contributed by atoms with E-state index in [1.165, 1.54) is 66.7 Å². The first-order valence-electron chi connectivity index (χ1n) is 20.3. The third kappa shape index (κ3) is 7.42. The van der Waals surface area contributed by atoms with Crippen LogP contribution in [0.2, 0.25) is 0 Å². The molecule has 7 aromatic rings. The first-order valence-corrected chi connectivity index (χ1v) is 20.3. The zero-order valence-corrected chi connectivity index (χ0v) is 34.9. The maximum atomic E-state index is 14.3. The van der Waals surface area contributed by atoms with Gasteiger partial charge in [0, 0.05) is 5.56 Å². The second kappa shape index (κ2) is 17.1. The number of aromatic hydroxyl groups is 3. The van der Waals surface area contributed by atoms with Gasteiger partial charge in [-0.15, -0.1) is 6.42 Å². The molecule has 0 aromatic heterocycles. The Morgan fingerprint density at radius 3 is 1.39 bits per heavy atom. The van der Waals surface area contributed by atoms with Gasteiger partial charge < -0.3 is 31.3 Å². The van der Waals surface area contributed by atoms with Gasteiger partial charge in [0.2, 0.25) is 11.8 Å². The molecule has 3 atom stereocenters. The molecule has 0 spiro atoms. The van der Waals surface area contributed by atoms with Crippen molar-refractivity contribution in [2.24, 2.45) is 0 Å². The van der Waals surface area contributed by atoms with E-state index in [4.69, 9.17) is 6.42 Å². The van der Waals surface area contributed by atoms with Crippen molar-refractivity contribution in [3.63, 3.8) is 0 Å². The number of carbonyl (C=O) groups excluding carboxylic acids is 3. The lowest BCUT2D eigenvalue weighted by Crippen LogP contribution is -2.38. The van der Waals surface area contributed by atoms with Gasteiger partial charge in [0.15, 0.2) is 40.3 Å². The summed E-state index contributed by atoms with van der Waals surface area (Å²) in [6, 6.07) is 34.5. The SMILES string of the molecule is C#CC1(c2ccc(O)cc2)C(=O)Nc2c1ccc(F)c2F.CC1(c2ccc(O)cc2)C(=O)Nc2c1ccc(F)c2F.O=C1Nc2c(ccc(F)c2F)C1(Cc1ccccc1)c1ccc(O)cc1. The number of hydrogen-bond donors (Lipinski definition) is 6. The molecule has 7 aromatic carbocycles. The van der Waals surface area contributed by atoms with Gasteiger partial charge in [-0.1, -0.05) is 90.8 Å². The Labute approximate surface area is 378 Å². The molecule has 6 N–H and O–H groups in total. The van der Waals surface area contributed by atoms with E-state index in [2.05, 4.69) is 21.9 Å². The Hall–Kier alpha value is -8.51. The zero-order chi connectivity index (χ0) is 48.0. The summed E-state index contributed by atoms with van der Waals surface area (Å²) in [5, 5.41) is 35.5. The van der Waals surface area contributed by atoms with Gasteiger partial charge in [-0.3, -0.25) is 14.4 Å². The molecule has 15 heteroatoms. The average Bonchev–Trinajstić information content (AvgIpc) is 3.89. The summed E-state index contributed by atoms with van der Waals surface area (Å²) in [6.07, 6.45) is 5.82. The number of terminal acetylenes is 1. The normalized spacial score (nSPS) is 19.5. The molecule has 67 heavy (non-hydrogen) atoms. The van der Waals surface area contributed by atoms with Crippen molar-refractivity contribution in [2.45, 2.75) is 29.6 Å². The predicted molar refractivity (Wildman–Crippen MR) is 236 cm³/mol. The number of phenolic OH excluding ortho intramolecular Hbond substituents is 3. The number of amides is 3. The Kier molecular flexibility index (Phi) is 11.5. The quantitative estimate of drug-likeness (QED) is 0.0749. The summed E-state index contributed by atoms with van der Waals surface area (Å²) in [6.45, 7) is 1.64. The molecular weight excluding hydrogens is 877 g/mol. The largest absolute Gasteiger partial charge is 0.508 e. The van der Waals surface area contributed by atoms with Crippen LogP contribution in [0.4, 0.5) is 43.4 Å². The Balaban J connectivity index is 0.000000138. The van der Waals surface area contributed by atoms with E-state index in [0.717, 1.165) is 23.8 Å². The van der Waals surface area contributed by atoms with E-state index in [1.54, 1.807) is 31.2 Å². The van der Waals surface area contributed by atoms with E-state index in [-0.39, 0.29) is 46.3 Å². The van der Waals surface area contributed by atoms with Crippen LogP contribution in [0, 0.1) is 47.2 Å². The number of anilines is 3. The predicted octanol–water partition coefficient (Wildman–Crippen LogP) is 9.62. The number of benzene rings is 7.